The maximum absolute atomic E-state index is 9.30. The lowest BCUT2D eigenvalue weighted by atomic mass is 10.0. The summed E-state index contributed by atoms with van der Waals surface area (Å²) >= 11 is 0. The zero-order valence-corrected chi connectivity index (χ0v) is 8.66. The highest BCUT2D eigenvalue weighted by molar-refractivity contribution is 5.27. The van der Waals surface area contributed by atoms with Crippen molar-refractivity contribution in [3.63, 3.8) is 0 Å². The molecular weight excluding hydrogens is 178 g/mol. The lowest BCUT2D eigenvalue weighted by molar-refractivity contribution is 0.0863. The van der Waals surface area contributed by atoms with E-state index in [0.717, 1.165) is 11.1 Å². The summed E-state index contributed by atoms with van der Waals surface area (Å²) in [5.74, 6) is 0. The fraction of sp³-hybridized carbons (Fsp3) is 0.455. The average Bonchev–Trinajstić information content (AvgIpc) is 2.16. The molecule has 0 bridgehead atoms. The van der Waals surface area contributed by atoms with Gasteiger partial charge in [0.2, 0.25) is 0 Å². The molecule has 1 aromatic carbocycles. The molecular formula is C11H17NO2. The molecule has 0 amide bonds. The highest BCUT2D eigenvalue weighted by Crippen LogP contribution is 2.10. The van der Waals surface area contributed by atoms with E-state index < -0.39 is 0 Å². The van der Waals surface area contributed by atoms with Gasteiger partial charge in [0, 0.05) is 6.54 Å². The smallest absolute Gasteiger partial charge is 0.0572 e. The van der Waals surface area contributed by atoms with Gasteiger partial charge >= 0.3 is 0 Å². The van der Waals surface area contributed by atoms with E-state index in [9.17, 15) is 5.11 Å². The molecule has 0 spiro atoms. The highest BCUT2D eigenvalue weighted by Gasteiger charge is 2.04. The van der Waals surface area contributed by atoms with Crippen molar-refractivity contribution in [1.82, 2.24) is 5.48 Å². The first-order valence-corrected chi connectivity index (χ1v) is 4.74. The average molecular weight is 195 g/mol. The number of hydrogen-bond donors (Lipinski definition) is 2. The minimum atomic E-state index is -0.307. The van der Waals surface area contributed by atoms with Gasteiger partial charge in [0.25, 0.3) is 0 Å². The molecule has 1 unspecified atom stereocenters. The van der Waals surface area contributed by atoms with Gasteiger partial charge < -0.3 is 9.94 Å². The fourth-order valence-electron chi connectivity index (χ4n) is 1.40. The second kappa shape index (κ2) is 5.75. The number of benzene rings is 1. The van der Waals surface area contributed by atoms with E-state index >= 15 is 0 Å². The fourth-order valence-corrected chi connectivity index (χ4v) is 1.40. The third-order valence-corrected chi connectivity index (χ3v) is 2.04. The van der Waals surface area contributed by atoms with Crippen LogP contribution in [0.3, 0.4) is 0 Å². The van der Waals surface area contributed by atoms with Crippen molar-refractivity contribution >= 4 is 0 Å². The summed E-state index contributed by atoms with van der Waals surface area (Å²) in [7, 11) is 1.59. The molecule has 0 heterocycles. The Kier molecular flexibility index (Phi) is 4.59. The van der Waals surface area contributed by atoms with E-state index in [-0.39, 0.29) is 6.10 Å². The maximum atomic E-state index is 9.30. The topological polar surface area (TPSA) is 41.5 Å². The van der Waals surface area contributed by atoms with Gasteiger partial charge in [0.1, 0.15) is 0 Å². The second-order valence-corrected chi connectivity index (χ2v) is 3.35. The van der Waals surface area contributed by atoms with Crippen molar-refractivity contribution in [2.24, 2.45) is 0 Å². The molecule has 0 saturated heterocycles. The van der Waals surface area contributed by atoms with E-state index in [1.807, 2.05) is 24.3 Å². The van der Waals surface area contributed by atoms with Gasteiger partial charge in [-0.15, -0.1) is 0 Å². The molecule has 0 fully saturated rings. The van der Waals surface area contributed by atoms with Gasteiger partial charge in [-0.05, 0) is 24.5 Å². The van der Waals surface area contributed by atoms with Crippen LogP contribution in [-0.2, 0) is 17.8 Å². The van der Waals surface area contributed by atoms with Gasteiger partial charge in [0.15, 0.2) is 0 Å². The van der Waals surface area contributed by atoms with Crippen LogP contribution in [0.2, 0.25) is 0 Å². The monoisotopic (exact) mass is 195 g/mol. The number of hydroxylamine groups is 1. The SMILES string of the molecule is CONCc1ccccc1CC(C)O. The van der Waals surface area contributed by atoms with E-state index in [2.05, 4.69) is 5.48 Å². The lowest BCUT2D eigenvalue weighted by Crippen LogP contribution is -2.14. The number of aliphatic hydroxyl groups excluding tert-OH is 1. The molecule has 0 saturated carbocycles. The number of hydrogen-bond acceptors (Lipinski definition) is 3. The predicted molar refractivity (Wildman–Crippen MR) is 55.7 cm³/mol. The Balaban J connectivity index is 2.69. The molecule has 0 aliphatic heterocycles. The molecule has 78 valence electrons. The summed E-state index contributed by atoms with van der Waals surface area (Å²) in [5.41, 5.74) is 5.12. The van der Waals surface area contributed by atoms with Crippen LogP contribution in [0.25, 0.3) is 0 Å². The van der Waals surface area contributed by atoms with Crippen LogP contribution in [0.4, 0.5) is 0 Å². The molecule has 2 N–H and O–H groups in total. The van der Waals surface area contributed by atoms with Gasteiger partial charge in [-0.25, -0.2) is 0 Å². The molecule has 1 rings (SSSR count). The molecule has 0 aromatic heterocycles. The molecule has 0 aliphatic carbocycles. The molecule has 14 heavy (non-hydrogen) atoms. The highest BCUT2D eigenvalue weighted by atomic mass is 16.6. The van der Waals surface area contributed by atoms with Crippen molar-refractivity contribution in [3.8, 4) is 0 Å². The van der Waals surface area contributed by atoms with Gasteiger partial charge in [-0.3, -0.25) is 0 Å². The minimum absolute atomic E-state index is 0.307. The summed E-state index contributed by atoms with van der Waals surface area (Å²) in [5, 5.41) is 9.30. The van der Waals surface area contributed by atoms with E-state index in [4.69, 9.17) is 4.84 Å². The Labute approximate surface area is 84.7 Å². The van der Waals surface area contributed by atoms with Crippen LogP contribution in [0.5, 0.6) is 0 Å². The summed E-state index contributed by atoms with van der Waals surface area (Å²) in [4.78, 5) is 4.79. The Morgan fingerprint density at radius 3 is 2.57 bits per heavy atom. The zero-order valence-electron chi connectivity index (χ0n) is 8.66. The Morgan fingerprint density at radius 1 is 1.36 bits per heavy atom. The third-order valence-electron chi connectivity index (χ3n) is 2.04. The van der Waals surface area contributed by atoms with Crippen LogP contribution < -0.4 is 5.48 Å². The van der Waals surface area contributed by atoms with Gasteiger partial charge in [0.05, 0.1) is 13.2 Å². The first-order chi connectivity index (χ1) is 6.74. The largest absolute Gasteiger partial charge is 0.393 e. The Bertz CT molecular complexity index is 274. The molecule has 3 nitrogen and oxygen atoms in total. The van der Waals surface area contributed by atoms with Crippen LogP contribution >= 0.6 is 0 Å². The number of aliphatic hydroxyl groups is 1. The van der Waals surface area contributed by atoms with E-state index in [0.29, 0.717) is 13.0 Å². The summed E-state index contributed by atoms with van der Waals surface area (Å²) in [6.07, 6.45) is 0.375. The number of nitrogens with one attached hydrogen (secondary N) is 1. The van der Waals surface area contributed by atoms with Gasteiger partial charge in [-0.1, -0.05) is 24.3 Å². The first-order valence-electron chi connectivity index (χ1n) is 4.74. The van der Waals surface area contributed by atoms with Gasteiger partial charge in [-0.2, -0.15) is 5.48 Å². The Hall–Kier alpha value is -0.900. The van der Waals surface area contributed by atoms with Crippen molar-refractivity contribution in [2.45, 2.75) is 26.0 Å². The zero-order chi connectivity index (χ0) is 10.4. The molecule has 3 heteroatoms. The predicted octanol–water partition coefficient (Wildman–Crippen LogP) is 1.26. The van der Waals surface area contributed by atoms with Crippen molar-refractivity contribution in [3.05, 3.63) is 35.4 Å². The maximum Gasteiger partial charge on any atom is 0.0572 e. The molecule has 0 radical (unpaired) electrons. The van der Waals surface area contributed by atoms with Crippen LogP contribution in [0, 0.1) is 0 Å². The standard InChI is InChI=1S/C11H17NO2/c1-9(13)7-10-5-3-4-6-11(10)8-12-14-2/h3-6,9,12-13H,7-8H2,1-2H3. The summed E-state index contributed by atoms with van der Waals surface area (Å²) < 4.78 is 0. The van der Waals surface area contributed by atoms with Crippen molar-refractivity contribution in [1.29, 1.82) is 0 Å². The van der Waals surface area contributed by atoms with E-state index in [1.54, 1.807) is 14.0 Å². The minimum Gasteiger partial charge on any atom is -0.393 e. The molecule has 1 atom stereocenters. The number of rotatable bonds is 5. The van der Waals surface area contributed by atoms with Crippen LogP contribution in [-0.4, -0.2) is 18.3 Å². The normalized spacial score (nSPS) is 12.8. The molecule has 0 aliphatic rings. The summed E-state index contributed by atoms with van der Waals surface area (Å²) in [6.45, 7) is 2.46. The van der Waals surface area contributed by atoms with Crippen LogP contribution in [0.1, 0.15) is 18.1 Å². The Morgan fingerprint density at radius 2 is 2.00 bits per heavy atom. The summed E-state index contributed by atoms with van der Waals surface area (Å²) in [6, 6.07) is 8.02. The van der Waals surface area contributed by atoms with E-state index in [1.165, 1.54) is 0 Å². The first kappa shape index (κ1) is 11.2. The van der Waals surface area contributed by atoms with Crippen molar-refractivity contribution in [2.75, 3.05) is 7.11 Å². The quantitative estimate of drug-likeness (QED) is 0.695. The molecule has 1 aromatic rings. The second-order valence-electron chi connectivity index (χ2n) is 3.35. The van der Waals surface area contributed by atoms with Crippen LogP contribution in [0.15, 0.2) is 24.3 Å². The lowest BCUT2D eigenvalue weighted by Gasteiger charge is -2.10. The van der Waals surface area contributed by atoms with Crippen molar-refractivity contribution < 1.29 is 9.94 Å². The third kappa shape index (κ3) is 3.46.